The molecular weight excluding hydrogens is 328 g/mol. The Bertz CT molecular complexity index is 460. The third kappa shape index (κ3) is 3.46. The molecule has 0 saturated heterocycles. The fourth-order valence-electron chi connectivity index (χ4n) is 1.63. The maximum absolute atomic E-state index is 3.49. The molecule has 0 fully saturated rings. The minimum Gasteiger partial charge on any atom is -0.0609 e. The van der Waals surface area contributed by atoms with Crippen LogP contribution in [0.15, 0.2) is 57.5 Å². The van der Waals surface area contributed by atoms with Gasteiger partial charge in [0, 0.05) is 8.95 Å². The van der Waals surface area contributed by atoms with E-state index < -0.39 is 0 Å². The van der Waals surface area contributed by atoms with Gasteiger partial charge in [-0.1, -0.05) is 56.1 Å². The number of rotatable bonds is 3. The third-order valence-corrected chi connectivity index (χ3v) is 3.53. The van der Waals surface area contributed by atoms with Crippen molar-refractivity contribution < 1.29 is 0 Å². The van der Waals surface area contributed by atoms with Crippen molar-refractivity contribution in [2.75, 3.05) is 0 Å². The zero-order valence-electron chi connectivity index (χ0n) is 8.79. The van der Waals surface area contributed by atoms with Crippen molar-refractivity contribution in [3.05, 3.63) is 68.6 Å². The van der Waals surface area contributed by atoms with Crippen LogP contribution < -0.4 is 0 Å². The molecule has 0 radical (unpaired) electrons. The fourth-order valence-corrected chi connectivity index (χ4v) is 2.34. The Morgan fingerprint density at radius 1 is 0.688 bits per heavy atom. The van der Waals surface area contributed by atoms with Gasteiger partial charge in [-0.2, -0.15) is 0 Å². The van der Waals surface area contributed by atoms with E-state index in [1.165, 1.54) is 11.1 Å². The summed E-state index contributed by atoms with van der Waals surface area (Å²) in [6.45, 7) is 0. The molecule has 0 aliphatic carbocycles. The number of hydrogen-bond donors (Lipinski definition) is 0. The van der Waals surface area contributed by atoms with Gasteiger partial charge in [-0.3, -0.25) is 0 Å². The number of halogens is 2. The Kier molecular flexibility index (Phi) is 4.19. The van der Waals surface area contributed by atoms with E-state index >= 15 is 0 Å². The van der Waals surface area contributed by atoms with Crippen LogP contribution in [0.4, 0.5) is 0 Å². The zero-order chi connectivity index (χ0) is 11.4. The van der Waals surface area contributed by atoms with Crippen molar-refractivity contribution >= 4 is 31.9 Å². The van der Waals surface area contributed by atoms with E-state index in [1.54, 1.807) is 0 Å². The summed E-state index contributed by atoms with van der Waals surface area (Å²) in [6, 6.07) is 17.0. The highest BCUT2D eigenvalue weighted by Crippen LogP contribution is 2.15. The molecule has 0 spiro atoms. The summed E-state index contributed by atoms with van der Waals surface area (Å²) in [5, 5.41) is 0. The SMILES string of the molecule is Brc1ccc(CCc2cccc(Br)c2)cc1. The smallest absolute Gasteiger partial charge is 0.0177 e. The molecule has 0 aromatic heterocycles. The van der Waals surface area contributed by atoms with Crippen LogP contribution in [0.5, 0.6) is 0 Å². The lowest BCUT2D eigenvalue weighted by Gasteiger charge is -2.03. The van der Waals surface area contributed by atoms with Gasteiger partial charge in [0.1, 0.15) is 0 Å². The molecule has 0 atom stereocenters. The molecule has 0 unspecified atom stereocenters. The van der Waals surface area contributed by atoms with Crippen LogP contribution in [0.25, 0.3) is 0 Å². The van der Waals surface area contributed by atoms with Crippen molar-refractivity contribution in [2.24, 2.45) is 0 Å². The predicted molar refractivity (Wildman–Crippen MR) is 75.7 cm³/mol. The standard InChI is InChI=1S/C14H12Br2/c15-13-8-6-11(7-9-13)4-5-12-2-1-3-14(16)10-12/h1-3,6-10H,4-5H2. The molecule has 2 heteroatoms. The Morgan fingerprint density at radius 2 is 1.38 bits per heavy atom. The van der Waals surface area contributed by atoms with E-state index in [-0.39, 0.29) is 0 Å². The summed E-state index contributed by atoms with van der Waals surface area (Å²) >= 11 is 6.94. The Morgan fingerprint density at radius 3 is 2.06 bits per heavy atom. The molecule has 0 saturated carbocycles. The summed E-state index contributed by atoms with van der Waals surface area (Å²) in [4.78, 5) is 0. The van der Waals surface area contributed by atoms with Crippen LogP contribution in [0.1, 0.15) is 11.1 Å². The summed E-state index contributed by atoms with van der Waals surface area (Å²) in [5.74, 6) is 0. The molecule has 0 aliphatic heterocycles. The van der Waals surface area contributed by atoms with E-state index in [9.17, 15) is 0 Å². The number of hydrogen-bond acceptors (Lipinski definition) is 0. The molecule has 2 aromatic carbocycles. The second-order valence-electron chi connectivity index (χ2n) is 3.76. The number of aryl methyl sites for hydroxylation is 2. The summed E-state index contributed by atoms with van der Waals surface area (Å²) in [6.07, 6.45) is 2.17. The average molecular weight is 340 g/mol. The minimum absolute atomic E-state index is 1.08. The predicted octanol–water partition coefficient (Wildman–Crippen LogP) is 5.00. The second-order valence-corrected chi connectivity index (χ2v) is 5.59. The van der Waals surface area contributed by atoms with Crippen molar-refractivity contribution in [3.63, 3.8) is 0 Å². The van der Waals surface area contributed by atoms with Gasteiger partial charge in [0.15, 0.2) is 0 Å². The third-order valence-electron chi connectivity index (χ3n) is 2.50. The summed E-state index contributed by atoms with van der Waals surface area (Å²) in [5.41, 5.74) is 2.75. The van der Waals surface area contributed by atoms with Crippen LogP contribution >= 0.6 is 31.9 Å². The monoisotopic (exact) mass is 338 g/mol. The highest BCUT2D eigenvalue weighted by Gasteiger charge is 1.96. The van der Waals surface area contributed by atoms with Gasteiger partial charge in [0.25, 0.3) is 0 Å². The lowest BCUT2D eigenvalue weighted by molar-refractivity contribution is 0.959. The molecule has 0 nitrogen and oxygen atoms in total. The van der Waals surface area contributed by atoms with Crippen molar-refractivity contribution in [2.45, 2.75) is 12.8 Å². The van der Waals surface area contributed by atoms with Crippen LogP contribution in [-0.4, -0.2) is 0 Å². The highest BCUT2D eigenvalue weighted by atomic mass is 79.9. The van der Waals surface area contributed by atoms with Gasteiger partial charge < -0.3 is 0 Å². The van der Waals surface area contributed by atoms with Crippen molar-refractivity contribution in [1.82, 2.24) is 0 Å². The molecular formula is C14H12Br2. The topological polar surface area (TPSA) is 0 Å². The van der Waals surface area contributed by atoms with Gasteiger partial charge in [-0.05, 0) is 48.2 Å². The Labute approximate surface area is 113 Å². The number of benzene rings is 2. The van der Waals surface area contributed by atoms with Gasteiger partial charge in [-0.25, -0.2) is 0 Å². The molecule has 2 rings (SSSR count). The maximum atomic E-state index is 3.49. The highest BCUT2D eigenvalue weighted by molar-refractivity contribution is 9.10. The first-order chi connectivity index (χ1) is 7.74. The Hall–Kier alpha value is -0.600. The summed E-state index contributed by atoms with van der Waals surface area (Å²) in [7, 11) is 0. The zero-order valence-corrected chi connectivity index (χ0v) is 12.0. The fraction of sp³-hybridized carbons (Fsp3) is 0.143. The molecule has 0 amide bonds. The van der Waals surface area contributed by atoms with Gasteiger partial charge in [0.2, 0.25) is 0 Å². The van der Waals surface area contributed by atoms with Gasteiger partial charge >= 0.3 is 0 Å². The second kappa shape index (κ2) is 5.65. The van der Waals surface area contributed by atoms with Crippen LogP contribution in [0, 0.1) is 0 Å². The molecule has 82 valence electrons. The van der Waals surface area contributed by atoms with Crippen LogP contribution in [-0.2, 0) is 12.8 Å². The largest absolute Gasteiger partial charge is 0.0609 e. The van der Waals surface area contributed by atoms with E-state index in [4.69, 9.17) is 0 Å². The van der Waals surface area contributed by atoms with Crippen LogP contribution in [0.3, 0.4) is 0 Å². The van der Waals surface area contributed by atoms with Crippen molar-refractivity contribution in [3.8, 4) is 0 Å². The minimum atomic E-state index is 1.08. The molecule has 0 heterocycles. The van der Waals surface area contributed by atoms with Gasteiger partial charge in [-0.15, -0.1) is 0 Å². The average Bonchev–Trinajstić information content (AvgIpc) is 2.28. The van der Waals surface area contributed by atoms with E-state index in [0.717, 1.165) is 21.8 Å². The first-order valence-corrected chi connectivity index (χ1v) is 6.81. The van der Waals surface area contributed by atoms with E-state index in [1.807, 2.05) is 0 Å². The molecule has 0 aliphatic rings. The summed E-state index contributed by atoms with van der Waals surface area (Å²) < 4.78 is 2.29. The Balaban J connectivity index is 1.99. The maximum Gasteiger partial charge on any atom is 0.0177 e. The van der Waals surface area contributed by atoms with Gasteiger partial charge in [0.05, 0.1) is 0 Å². The van der Waals surface area contributed by atoms with Crippen LogP contribution in [0.2, 0.25) is 0 Å². The molecule has 0 N–H and O–H groups in total. The first kappa shape index (κ1) is 11.9. The lowest BCUT2D eigenvalue weighted by atomic mass is 10.0. The normalized spacial score (nSPS) is 10.4. The molecule has 2 aromatic rings. The van der Waals surface area contributed by atoms with E-state index in [2.05, 4.69) is 80.4 Å². The molecule has 0 bridgehead atoms. The van der Waals surface area contributed by atoms with E-state index in [0.29, 0.717) is 0 Å². The quantitative estimate of drug-likeness (QED) is 0.738. The first-order valence-electron chi connectivity index (χ1n) is 5.23. The van der Waals surface area contributed by atoms with Crippen molar-refractivity contribution in [1.29, 1.82) is 0 Å². The lowest BCUT2D eigenvalue weighted by Crippen LogP contribution is -1.90. The molecule has 16 heavy (non-hydrogen) atoms.